The number of carbonyl (C=O) groups excluding carboxylic acids is 2. The third kappa shape index (κ3) is 8.12. The fraction of sp³-hybridized carbons (Fsp3) is 0.385. The smallest absolute Gasteiger partial charge is 0.243 e. The average Bonchev–Trinajstić information content (AvgIpc) is 2.85. The molecular weight excluding hydrogens is 438 g/mol. The minimum Gasteiger partial charge on any atom is -0.481 e. The Morgan fingerprint density at radius 1 is 1.09 bits per heavy atom. The molecule has 1 fully saturated rings. The summed E-state index contributed by atoms with van der Waals surface area (Å²) in [4.78, 5) is 27.3. The van der Waals surface area contributed by atoms with Crippen molar-refractivity contribution in [2.24, 2.45) is 0 Å². The van der Waals surface area contributed by atoms with E-state index in [2.05, 4.69) is 45.7 Å². The Balaban J connectivity index is 1.53. The fourth-order valence-electron chi connectivity index (χ4n) is 3.90. The van der Waals surface area contributed by atoms with Gasteiger partial charge in [0, 0.05) is 32.1 Å². The topological polar surface area (TPSA) is 70.7 Å². The molecule has 3 rings (SSSR count). The van der Waals surface area contributed by atoms with Crippen molar-refractivity contribution in [1.29, 1.82) is 0 Å². The van der Waals surface area contributed by atoms with Gasteiger partial charge >= 0.3 is 0 Å². The first-order valence-corrected chi connectivity index (χ1v) is 11.7. The van der Waals surface area contributed by atoms with Gasteiger partial charge in [-0.2, -0.15) is 0 Å². The van der Waals surface area contributed by atoms with E-state index >= 15 is 0 Å². The largest absolute Gasteiger partial charge is 0.481 e. The van der Waals surface area contributed by atoms with Crippen molar-refractivity contribution >= 4 is 23.4 Å². The Kier molecular flexibility index (Phi) is 9.61. The van der Waals surface area contributed by atoms with Crippen molar-refractivity contribution in [2.75, 3.05) is 25.6 Å². The van der Waals surface area contributed by atoms with E-state index in [-0.39, 0.29) is 30.3 Å². The minimum absolute atomic E-state index is 0.0828. The van der Waals surface area contributed by atoms with Gasteiger partial charge in [-0.1, -0.05) is 48.4 Å². The molecule has 0 aliphatic carbocycles. The van der Waals surface area contributed by atoms with E-state index < -0.39 is 6.04 Å². The summed E-state index contributed by atoms with van der Waals surface area (Å²) in [6.07, 6.45) is 7.31. The lowest BCUT2D eigenvalue weighted by Gasteiger charge is -2.33. The van der Waals surface area contributed by atoms with E-state index in [0.29, 0.717) is 12.2 Å². The lowest BCUT2D eigenvalue weighted by Crippen LogP contribution is -2.53. The number of terminal acetylenes is 1. The van der Waals surface area contributed by atoms with Gasteiger partial charge in [0.25, 0.3) is 0 Å². The number of benzene rings is 2. The molecule has 1 saturated heterocycles. The summed E-state index contributed by atoms with van der Waals surface area (Å²) in [5.41, 5.74) is 2.19. The van der Waals surface area contributed by atoms with Crippen LogP contribution < -0.4 is 15.4 Å². The summed E-state index contributed by atoms with van der Waals surface area (Å²) in [5.74, 6) is 2.32. The molecule has 33 heavy (non-hydrogen) atoms. The molecule has 6 nitrogen and oxygen atoms in total. The van der Waals surface area contributed by atoms with Crippen LogP contribution in [0, 0.1) is 12.3 Å². The third-order valence-corrected chi connectivity index (χ3v) is 5.88. The normalized spacial score (nSPS) is 15.3. The number of carbonyl (C=O) groups is 2. The summed E-state index contributed by atoms with van der Waals surface area (Å²) in [7, 11) is 0. The van der Waals surface area contributed by atoms with Crippen molar-refractivity contribution in [3.8, 4) is 18.1 Å². The van der Waals surface area contributed by atoms with Crippen molar-refractivity contribution in [3.05, 3.63) is 65.7 Å². The number of ether oxygens (including phenoxy) is 1. The highest BCUT2D eigenvalue weighted by Crippen LogP contribution is 2.16. The minimum atomic E-state index is -0.698. The highest BCUT2D eigenvalue weighted by atomic mass is 35.5. The standard InChI is InChI=1S/C26H30ClN3O3/c1-2-16-33-23-10-8-20(9-11-23)17-24(29-25(31)18-27)26(32)28-22-12-14-30(15-13-22)19-21-6-4-3-5-7-21/h1,3-11,22,24H,12-19H2,(H,28,32)(H,29,31)/t24-/m0/s1. The summed E-state index contributed by atoms with van der Waals surface area (Å²) in [6, 6.07) is 17.1. The maximum Gasteiger partial charge on any atom is 0.243 e. The molecule has 1 heterocycles. The highest BCUT2D eigenvalue weighted by Gasteiger charge is 2.26. The maximum atomic E-state index is 13.0. The maximum absolute atomic E-state index is 13.0. The second-order valence-corrected chi connectivity index (χ2v) is 8.41. The predicted octanol–water partition coefficient (Wildman–Crippen LogP) is 2.75. The van der Waals surface area contributed by atoms with Crippen LogP contribution in [0.25, 0.3) is 0 Å². The van der Waals surface area contributed by atoms with Crippen molar-refractivity contribution in [3.63, 3.8) is 0 Å². The van der Waals surface area contributed by atoms with E-state index in [0.717, 1.165) is 38.0 Å². The molecular formula is C26H30ClN3O3. The summed E-state index contributed by atoms with van der Waals surface area (Å²) < 4.78 is 5.38. The second-order valence-electron chi connectivity index (χ2n) is 8.14. The predicted molar refractivity (Wildman–Crippen MR) is 130 cm³/mol. The number of amides is 2. The number of rotatable bonds is 10. The molecule has 174 valence electrons. The van der Waals surface area contributed by atoms with E-state index in [4.69, 9.17) is 22.8 Å². The Morgan fingerprint density at radius 3 is 2.42 bits per heavy atom. The molecule has 2 amide bonds. The Hall–Kier alpha value is -3.01. The van der Waals surface area contributed by atoms with Crippen LogP contribution in [0.15, 0.2) is 54.6 Å². The van der Waals surface area contributed by atoms with Crippen LogP contribution in [-0.4, -0.2) is 54.4 Å². The van der Waals surface area contributed by atoms with Crippen LogP contribution in [0.4, 0.5) is 0 Å². The van der Waals surface area contributed by atoms with Gasteiger partial charge in [0.2, 0.25) is 11.8 Å². The third-order valence-electron chi connectivity index (χ3n) is 5.64. The first kappa shape index (κ1) is 24.6. The molecule has 7 heteroatoms. The summed E-state index contributed by atoms with van der Waals surface area (Å²) >= 11 is 5.67. The van der Waals surface area contributed by atoms with Gasteiger partial charge < -0.3 is 15.4 Å². The number of halogens is 1. The second kappa shape index (κ2) is 12.9. The molecule has 1 aliphatic rings. The molecule has 0 aromatic heterocycles. The number of nitrogens with one attached hydrogen (secondary N) is 2. The molecule has 0 unspecified atom stereocenters. The molecule has 2 aromatic rings. The monoisotopic (exact) mass is 467 g/mol. The van der Waals surface area contributed by atoms with Crippen LogP contribution in [0.5, 0.6) is 5.75 Å². The molecule has 0 bridgehead atoms. The lowest BCUT2D eigenvalue weighted by molar-refractivity contribution is -0.128. The summed E-state index contributed by atoms with van der Waals surface area (Å²) in [5, 5.41) is 5.87. The van der Waals surface area contributed by atoms with E-state index in [1.54, 1.807) is 12.1 Å². The number of hydrogen-bond acceptors (Lipinski definition) is 4. The molecule has 0 radical (unpaired) electrons. The molecule has 0 saturated carbocycles. The average molecular weight is 468 g/mol. The SMILES string of the molecule is C#CCOc1ccc(C[C@H](NC(=O)CCl)C(=O)NC2CCN(Cc3ccccc3)CC2)cc1. The van der Waals surface area contributed by atoms with Gasteiger partial charge in [-0.3, -0.25) is 14.5 Å². The van der Waals surface area contributed by atoms with Crippen LogP contribution in [0.1, 0.15) is 24.0 Å². The Bertz CT molecular complexity index is 936. The van der Waals surface area contributed by atoms with Gasteiger partial charge in [0.05, 0.1) is 0 Å². The number of likely N-dealkylation sites (tertiary alicyclic amines) is 1. The first-order chi connectivity index (χ1) is 16.1. The zero-order chi connectivity index (χ0) is 23.5. The molecule has 2 aromatic carbocycles. The van der Waals surface area contributed by atoms with Gasteiger partial charge in [0.1, 0.15) is 24.3 Å². The van der Waals surface area contributed by atoms with E-state index in [1.165, 1.54) is 5.56 Å². The van der Waals surface area contributed by atoms with Crippen LogP contribution in [0.3, 0.4) is 0 Å². The van der Waals surface area contributed by atoms with Gasteiger partial charge in [-0.15, -0.1) is 18.0 Å². The zero-order valence-electron chi connectivity index (χ0n) is 18.6. The van der Waals surface area contributed by atoms with Crippen molar-refractivity contribution < 1.29 is 14.3 Å². The Labute approximate surface area is 200 Å². The lowest BCUT2D eigenvalue weighted by atomic mass is 10.0. The van der Waals surface area contributed by atoms with Gasteiger partial charge in [0.15, 0.2) is 0 Å². The molecule has 2 N–H and O–H groups in total. The number of nitrogens with zero attached hydrogens (tertiary/aromatic N) is 1. The van der Waals surface area contributed by atoms with Crippen molar-refractivity contribution in [2.45, 2.75) is 37.9 Å². The highest BCUT2D eigenvalue weighted by molar-refractivity contribution is 6.27. The molecule has 1 aliphatic heterocycles. The van der Waals surface area contributed by atoms with Crippen molar-refractivity contribution in [1.82, 2.24) is 15.5 Å². The number of alkyl halides is 1. The van der Waals surface area contributed by atoms with Gasteiger partial charge in [-0.05, 0) is 36.1 Å². The quantitative estimate of drug-likeness (QED) is 0.416. The Morgan fingerprint density at radius 2 is 1.79 bits per heavy atom. The first-order valence-electron chi connectivity index (χ1n) is 11.1. The van der Waals surface area contributed by atoms with E-state index in [1.807, 2.05) is 18.2 Å². The summed E-state index contributed by atoms with van der Waals surface area (Å²) in [6.45, 7) is 2.94. The number of hydrogen-bond donors (Lipinski definition) is 2. The van der Waals surface area contributed by atoms with Crippen LogP contribution in [0.2, 0.25) is 0 Å². The fourth-order valence-corrected chi connectivity index (χ4v) is 3.98. The zero-order valence-corrected chi connectivity index (χ0v) is 19.4. The van der Waals surface area contributed by atoms with Crippen LogP contribution >= 0.6 is 11.6 Å². The van der Waals surface area contributed by atoms with Gasteiger partial charge in [-0.25, -0.2) is 0 Å². The van der Waals surface area contributed by atoms with Crippen LogP contribution in [-0.2, 0) is 22.6 Å². The molecule has 0 spiro atoms. The van der Waals surface area contributed by atoms with E-state index in [9.17, 15) is 9.59 Å². The number of piperidine rings is 1. The molecule has 1 atom stereocenters.